The Balaban J connectivity index is 2.01. The Bertz CT molecular complexity index is 496. The van der Waals surface area contributed by atoms with Crippen molar-refractivity contribution in [3.05, 3.63) is 23.8 Å². The van der Waals surface area contributed by atoms with Gasteiger partial charge in [-0.25, -0.2) is 0 Å². The van der Waals surface area contributed by atoms with Crippen molar-refractivity contribution in [2.75, 3.05) is 17.4 Å². The van der Waals surface area contributed by atoms with Gasteiger partial charge >= 0.3 is 6.18 Å². The van der Waals surface area contributed by atoms with Crippen molar-refractivity contribution in [1.82, 2.24) is 0 Å². The molecular weight excluding hydrogens is 269 g/mol. The average Bonchev–Trinajstić information content (AvgIpc) is 2.71. The largest absolute Gasteiger partial charge is 0.418 e. The van der Waals surface area contributed by atoms with Crippen LogP contribution in [0.3, 0.4) is 0 Å². The molecule has 2 heterocycles. The molecule has 3 aliphatic rings. The van der Waals surface area contributed by atoms with Crippen LogP contribution in [-0.4, -0.2) is 12.6 Å². The molecule has 0 spiro atoms. The molecule has 20 heavy (non-hydrogen) atoms. The standard InChI is InChI=1S/C14H17F3N2O/c15-14(16,17)12-7-10(18)3-6-13(12)19-11-4-1-9(2-5-11)8-20-19/h3,6-7,9,11H,1-2,4-5,8,18H2. The van der Waals surface area contributed by atoms with Crippen molar-refractivity contribution >= 4 is 11.4 Å². The van der Waals surface area contributed by atoms with Crippen LogP contribution >= 0.6 is 0 Å². The van der Waals surface area contributed by atoms with Crippen molar-refractivity contribution in [3.8, 4) is 0 Å². The monoisotopic (exact) mass is 286 g/mol. The smallest absolute Gasteiger partial charge is 0.399 e. The lowest BCUT2D eigenvalue weighted by molar-refractivity contribution is -0.137. The minimum atomic E-state index is -4.43. The van der Waals surface area contributed by atoms with E-state index in [1.807, 2.05) is 0 Å². The van der Waals surface area contributed by atoms with Crippen LogP contribution < -0.4 is 10.8 Å². The number of fused-ring (bicyclic) bond motifs is 4. The summed E-state index contributed by atoms with van der Waals surface area (Å²) in [7, 11) is 0. The maximum absolute atomic E-state index is 13.2. The summed E-state index contributed by atoms with van der Waals surface area (Å²) in [4.78, 5) is 5.64. The molecule has 0 aromatic heterocycles. The van der Waals surface area contributed by atoms with Crippen molar-refractivity contribution in [2.24, 2.45) is 5.92 Å². The maximum Gasteiger partial charge on any atom is 0.418 e. The molecule has 1 saturated carbocycles. The van der Waals surface area contributed by atoms with Gasteiger partial charge in [-0.05, 0) is 49.8 Å². The topological polar surface area (TPSA) is 38.5 Å². The number of rotatable bonds is 1. The summed E-state index contributed by atoms with van der Waals surface area (Å²) in [6.07, 6.45) is -0.619. The molecule has 3 nitrogen and oxygen atoms in total. The number of nitrogen functional groups attached to an aromatic ring is 1. The summed E-state index contributed by atoms with van der Waals surface area (Å²) < 4.78 is 39.6. The Kier molecular flexibility index (Phi) is 3.28. The van der Waals surface area contributed by atoms with Crippen LogP contribution in [-0.2, 0) is 11.0 Å². The van der Waals surface area contributed by atoms with Gasteiger partial charge in [-0.3, -0.25) is 9.90 Å². The Morgan fingerprint density at radius 2 is 1.85 bits per heavy atom. The van der Waals surface area contributed by atoms with Gasteiger partial charge in [-0.1, -0.05) is 0 Å². The van der Waals surface area contributed by atoms with Crippen LogP contribution in [0.15, 0.2) is 18.2 Å². The fourth-order valence-electron chi connectivity index (χ4n) is 3.08. The number of hydrogen-bond donors (Lipinski definition) is 1. The molecule has 6 heteroatoms. The highest BCUT2D eigenvalue weighted by Crippen LogP contribution is 2.42. The van der Waals surface area contributed by atoms with E-state index in [-0.39, 0.29) is 17.4 Å². The third-order valence-corrected chi connectivity index (χ3v) is 4.16. The molecule has 110 valence electrons. The summed E-state index contributed by atoms with van der Waals surface area (Å²) in [5.74, 6) is 0.472. The van der Waals surface area contributed by atoms with Crippen molar-refractivity contribution in [3.63, 3.8) is 0 Å². The maximum atomic E-state index is 13.2. The molecular formula is C14H17F3N2O. The van der Waals surface area contributed by atoms with E-state index in [2.05, 4.69) is 0 Å². The van der Waals surface area contributed by atoms with Crippen LogP contribution in [0.25, 0.3) is 0 Å². The number of alkyl halides is 3. The van der Waals surface area contributed by atoms with Gasteiger partial charge in [-0.15, -0.1) is 0 Å². The number of hydrogen-bond acceptors (Lipinski definition) is 3. The number of benzene rings is 1. The van der Waals surface area contributed by atoms with Crippen molar-refractivity contribution < 1.29 is 18.0 Å². The zero-order valence-corrected chi connectivity index (χ0v) is 11.0. The highest BCUT2D eigenvalue weighted by molar-refractivity contribution is 5.60. The van der Waals surface area contributed by atoms with Crippen LogP contribution in [0, 0.1) is 5.92 Å². The Morgan fingerprint density at radius 3 is 2.50 bits per heavy atom. The van der Waals surface area contributed by atoms with Gasteiger partial charge in [0.2, 0.25) is 0 Å². The Morgan fingerprint density at radius 1 is 1.15 bits per heavy atom. The molecule has 2 aliphatic heterocycles. The van der Waals surface area contributed by atoms with Gasteiger partial charge in [0.15, 0.2) is 0 Å². The van der Waals surface area contributed by atoms with Crippen LogP contribution in [0.2, 0.25) is 0 Å². The second kappa shape index (κ2) is 4.84. The molecule has 2 bridgehead atoms. The summed E-state index contributed by atoms with van der Waals surface area (Å²) in [5.41, 5.74) is 4.97. The lowest BCUT2D eigenvalue weighted by Crippen LogP contribution is -2.35. The molecule has 2 saturated heterocycles. The number of nitrogens with two attached hydrogens (primary N) is 1. The molecule has 0 unspecified atom stereocenters. The van der Waals surface area contributed by atoms with Gasteiger partial charge in [0.1, 0.15) is 0 Å². The van der Waals surface area contributed by atoms with Gasteiger partial charge < -0.3 is 5.73 Å². The number of hydroxylamine groups is 1. The molecule has 1 aromatic carbocycles. The first-order valence-corrected chi connectivity index (χ1v) is 6.84. The summed E-state index contributed by atoms with van der Waals surface area (Å²) in [6, 6.07) is 3.91. The van der Waals surface area contributed by atoms with E-state index in [0.29, 0.717) is 12.5 Å². The Hall–Kier alpha value is -1.43. The summed E-state index contributed by atoms with van der Waals surface area (Å²) in [6.45, 7) is 0.498. The minimum absolute atomic E-state index is 0.0264. The van der Waals surface area contributed by atoms with E-state index in [1.54, 1.807) is 0 Å². The quantitative estimate of drug-likeness (QED) is 0.802. The lowest BCUT2D eigenvalue weighted by atomic mass is 9.87. The predicted octanol–water partition coefficient (Wildman–Crippen LogP) is 3.60. The predicted molar refractivity (Wildman–Crippen MR) is 70.0 cm³/mol. The van der Waals surface area contributed by atoms with Gasteiger partial charge in [0.05, 0.1) is 23.9 Å². The fraction of sp³-hybridized carbons (Fsp3) is 0.571. The summed E-state index contributed by atoms with van der Waals surface area (Å²) in [5, 5.41) is 1.47. The summed E-state index contributed by atoms with van der Waals surface area (Å²) >= 11 is 0. The molecule has 0 amide bonds. The molecule has 1 aliphatic carbocycles. The first kappa shape index (κ1) is 13.5. The second-order valence-corrected chi connectivity index (χ2v) is 5.57. The highest BCUT2D eigenvalue weighted by Gasteiger charge is 2.39. The lowest BCUT2D eigenvalue weighted by Gasteiger charge is -2.32. The zero-order valence-electron chi connectivity index (χ0n) is 11.0. The van der Waals surface area contributed by atoms with Gasteiger partial charge in [-0.2, -0.15) is 13.2 Å². The molecule has 0 radical (unpaired) electrons. The third-order valence-electron chi connectivity index (χ3n) is 4.16. The van der Waals surface area contributed by atoms with E-state index in [1.165, 1.54) is 17.2 Å². The van der Waals surface area contributed by atoms with Crippen LogP contribution in [0.5, 0.6) is 0 Å². The van der Waals surface area contributed by atoms with E-state index in [0.717, 1.165) is 31.7 Å². The Labute approximate surface area is 115 Å². The minimum Gasteiger partial charge on any atom is -0.399 e. The molecule has 1 aromatic rings. The van der Waals surface area contributed by atoms with E-state index < -0.39 is 11.7 Å². The third kappa shape index (κ3) is 2.44. The molecule has 3 fully saturated rings. The van der Waals surface area contributed by atoms with Crippen LogP contribution in [0.4, 0.5) is 24.5 Å². The van der Waals surface area contributed by atoms with E-state index >= 15 is 0 Å². The molecule has 4 rings (SSSR count). The van der Waals surface area contributed by atoms with Gasteiger partial charge in [0, 0.05) is 5.69 Å². The normalized spacial score (nSPS) is 26.6. The molecule has 2 N–H and O–H groups in total. The van der Waals surface area contributed by atoms with E-state index in [4.69, 9.17) is 10.6 Å². The van der Waals surface area contributed by atoms with Crippen molar-refractivity contribution in [2.45, 2.75) is 37.9 Å². The average molecular weight is 286 g/mol. The van der Waals surface area contributed by atoms with Crippen molar-refractivity contribution in [1.29, 1.82) is 0 Å². The number of halogens is 3. The van der Waals surface area contributed by atoms with E-state index in [9.17, 15) is 13.2 Å². The second-order valence-electron chi connectivity index (χ2n) is 5.57. The zero-order chi connectivity index (χ0) is 14.3. The molecule has 0 atom stereocenters. The SMILES string of the molecule is Nc1ccc(N2OCC3CCC2CC3)c(C(F)(F)F)c1. The fourth-order valence-corrected chi connectivity index (χ4v) is 3.08. The number of nitrogens with zero attached hydrogens (tertiary/aromatic N) is 1. The first-order chi connectivity index (χ1) is 9.45. The highest BCUT2D eigenvalue weighted by atomic mass is 19.4. The van der Waals surface area contributed by atoms with Crippen LogP contribution in [0.1, 0.15) is 31.2 Å². The van der Waals surface area contributed by atoms with Gasteiger partial charge in [0.25, 0.3) is 0 Å². The first-order valence-electron chi connectivity index (χ1n) is 6.84. The number of anilines is 2.